The Morgan fingerprint density at radius 2 is 2.10 bits per heavy atom. The number of aryl methyl sites for hydroxylation is 1. The summed E-state index contributed by atoms with van der Waals surface area (Å²) in [5.74, 6) is 0.0890. The summed E-state index contributed by atoms with van der Waals surface area (Å²) < 4.78 is 0. The van der Waals surface area contributed by atoms with Gasteiger partial charge in [-0.1, -0.05) is 12.8 Å². The van der Waals surface area contributed by atoms with Crippen molar-refractivity contribution < 1.29 is 14.7 Å². The van der Waals surface area contributed by atoms with Crippen LogP contribution in [-0.4, -0.2) is 40.2 Å². The van der Waals surface area contributed by atoms with Crippen molar-refractivity contribution in [1.29, 1.82) is 0 Å². The van der Waals surface area contributed by atoms with Gasteiger partial charge in [0.05, 0.1) is 5.41 Å². The molecule has 0 radical (unpaired) electrons. The number of imidazole rings is 1. The first-order valence-corrected chi connectivity index (χ1v) is 7.36. The molecule has 1 aliphatic rings. The minimum absolute atomic E-state index is 0.201. The molecular formula is C14H22N4O3. The minimum Gasteiger partial charge on any atom is -0.481 e. The van der Waals surface area contributed by atoms with Crippen LogP contribution in [0.2, 0.25) is 0 Å². The van der Waals surface area contributed by atoms with Gasteiger partial charge in [-0.05, 0) is 19.3 Å². The van der Waals surface area contributed by atoms with Crippen molar-refractivity contribution in [2.45, 2.75) is 38.5 Å². The average molecular weight is 294 g/mol. The van der Waals surface area contributed by atoms with Crippen LogP contribution < -0.4 is 10.6 Å². The zero-order valence-corrected chi connectivity index (χ0v) is 12.0. The number of urea groups is 1. The van der Waals surface area contributed by atoms with Crippen LogP contribution in [0.3, 0.4) is 0 Å². The number of aliphatic carboxylic acids is 1. The molecule has 1 saturated carbocycles. The van der Waals surface area contributed by atoms with E-state index in [0.717, 1.165) is 31.5 Å². The first kappa shape index (κ1) is 15.3. The molecule has 4 N–H and O–H groups in total. The van der Waals surface area contributed by atoms with Crippen molar-refractivity contribution in [3.05, 3.63) is 18.2 Å². The van der Waals surface area contributed by atoms with E-state index in [2.05, 4.69) is 20.6 Å². The number of aromatic amines is 1. The van der Waals surface area contributed by atoms with Crippen molar-refractivity contribution in [3.8, 4) is 0 Å². The molecule has 0 saturated heterocycles. The maximum atomic E-state index is 11.7. The number of carbonyl (C=O) groups excluding carboxylic acids is 1. The highest BCUT2D eigenvalue weighted by Gasteiger charge is 2.41. The van der Waals surface area contributed by atoms with E-state index in [1.165, 1.54) is 0 Å². The molecule has 2 rings (SSSR count). The van der Waals surface area contributed by atoms with Gasteiger partial charge in [0.25, 0.3) is 0 Å². The van der Waals surface area contributed by atoms with Gasteiger partial charge in [-0.3, -0.25) is 4.79 Å². The second kappa shape index (κ2) is 7.10. The summed E-state index contributed by atoms with van der Waals surface area (Å²) in [5, 5.41) is 14.7. The van der Waals surface area contributed by atoms with E-state index in [4.69, 9.17) is 0 Å². The van der Waals surface area contributed by atoms with E-state index in [1.807, 2.05) is 0 Å². The molecule has 0 bridgehead atoms. The summed E-state index contributed by atoms with van der Waals surface area (Å²) in [7, 11) is 0. The molecule has 0 aromatic carbocycles. The van der Waals surface area contributed by atoms with Crippen LogP contribution in [0.1, 0.15) is 37.9 Å². The first-order valence-electron chi connectivity index (χ1n) is 7.36. The van der Waals surface area contributed by atoms with E-state index in [1.54, 1.807) is 12.4 Å². The lowest BCUT2D eigenvalue weighted by Gasteiger charge is -2.24. The van der Waals surface area contributed by atoms with Gasteiger partial charge in [0.1, 0.15) is 5.82 Å². The normalized spacial score (nSPS) is 16.6. The molecule has 21 heavy (non-hydrogen) atoms. The van der Waals surface area contributed by atoms with Gasteiger partial charge in [-0.15, -0.1) is 0 Å². The van der Waals surface area contributed by atoms with Crippen molar-refractivity contribution in [2.24, 2.45) is 5.41 Å². The molecule has 1 aliphatic carbocycles. The molecule has 0 spiro atoms. The SMILES string of the molecule is O=C(NCCCc1ncc[nH]1)NCC1(C(=O)O)CCCC1. The van der Waals surface area contributed by atoms with Crippen molar-refractivity contribution in [3.63, 3.8) is 0 Å². The Morgan fingerprint density at radius 3 is 2.71 bits per heavy atom. The minimum atomic E-state index is -0.807. The fourth-order valence-corrected chi connectivity index (χ4v) is 2.72. The second-order valence-electron chi connectivity index (χ2n) is 5.54. The molecule has 1 aromatic rings. The summed E-state index contributed by atoms with van der Waals surface area (Å²) in [6.07, 6.45) is 8.13. The monoisotopic (exact) mass is 294 g/mol. The van der Waals surface area contributed by atoms with E-state index in [9.17, 15) is 14.7 Å². The quantitative estimate of drug-likeness (QED) is 0.568. The average Bonchev–Trinajstić information content (AvgIpc) is 3.13. The van der Waals surface area contributed by atoms with Gasteiger partial charge >= 0.3 is 12.0 Å². The molecule has 116 valence electrons. The molecule has 2 amide bonds. The molecule has 0 atom stereocenters. The van der Waals surface area contributed by atoms with Crippen molar-refractivity contribution >= 4 is 12.0 Å². The number of carboxylic acid groups (broad SMARTS) is 1. The lowest BCUT2D eigenvalue weighted by Crippen LogP contribution is -2.45. The number of hydrogen-bond donors (Lipinski definition) is 4. The lowest BCUT2D eigenvalue weighted by atomic mass is 9.86. The fraction of sp³-hybridized carbons (Fsp3) is 0.643. The number of carbonyl (C=O) groups is 2. The molecule has 1 fully saturated rings. The number of nitrogens with one attached hydrogen (secondary N) is 3. The zero-order chi connectivity index (χ0) is 15.1. The summed E-state index contributed by atoms with van der Waals surface area (Å²) in [4.78, 5) is 30.1. The standard InChI is InChI=1S/C14H22N4O3/c19-12(20)14(5-1-2-6-14)10-18-13(21)17-7-3-4-11-15-8-9-16-11/h8-9H,1-7,10H2,(H,15,16)(H,19,20)(H2,17,18,21). The highest BCUT2D eigenvalue weighted by atomic mass is 16.4. The van der Waals surface area contributed by atoms with Gasteiger partial charge in [0.2, 0.25) is 0 Å². The Balaban J connectivity index is 1.64. The van der Waals surface area contributed by atoms with Gasteiger partial charge in [0.15, 0.2) is 0 Å². The van der Waals surface area contributed by atoms with E-state index in [0.29, 0.717) is 19.4 Å². The topological polar surface area (TPSA) is 107 Å². The molecule has 1 heterocycles. The van der Waals surface area contributed by atoms with E-state index in [-0.39, 0.29) is 12.6 Å². The molecule has 1 aromatic heterocycles. The Hall–Kier alpha value is -2.05. The number of aromatic nitrogens is 2. The van der Waals surface area contributed by atoms with Crippen LogP contribution in [0, 0.1) is 5.41 Å². The predicted molar refractivity (Wildman–Crippen MR) is 76.8 cm³/mol. The van der Waals surface area contributed by atoms with E-state index < -0.39 is 11.4 Å². The fourth-order valence-electron chi connectivity index (χ4n) is 2.72. The second-order valence-corrected chi connectivity index (χ2v) is 5.54. The maximum absolute atomic E-state index is 11.7. The Labute approximate surface area is 123 Å². The first-order chi connectivity index (χ1) is 10.1. The maximum Gasteiger partial charge on any atom is 0.314 e. The summed E-state index contributed by atoms with van der Waals surface area (Å²) >= 11 is 0. The zero-order valence-electron chi connectivity index (χ0n) is 12.0. The van der Waals surface area contributed by atoms with E-state index >= 15 is 0 Å². The van der Waals surface area contributed by atoms with Gasteiger partial charge in [-0.25, -0.2) is 9.78 Å². The van der Waals surface area contributed by atoms with Crippen LogP contribution in [0.5, 0.6) is 0 Å². The van der Waals surface area contributed by atoms with Gasteiger partial charge in [0, 0.05) is 31.9 Å². The predicted octanol–water partition coefficient (Wildman–Crippen LogP) is 1.29. The largest absolute Gasteiger partial charge is 0.481 e. The number of amides is 2. The Morgan fingerprint density at radius 1 is 1.33 bits per heavy atom. The number of rotatable bonds is 7. The molecule has 0 aliphatic heterocycles. The number of carboxylic acids is 1. The highest BCUT2D eigenvalue weighted by molar-refractivity contribution is 5.78. The Bertz CT molecular complexity index is 467. The van der Waals surface area contributed by atoms with Crippen LogP contribution >= 0.6 is 0 Å². The molecule has 7 heteroatoms. The summed E-state index contributed by atoms with van der Waals surface area (Å²) in [5.41, 5.74) is -0.772. The molecular weight excluding hydrogens is 272 g/mol. The molecule has 7 nitrogen and oxygen atoms in total. The van der Waals surface area contributed by atoms with Crippen LogP contribution in [-0.2, 0) is 11.2 Å². The number of nitrogens with zero attached hydrogens (tertiary/aromatic N) is 1. The number of H-pyrrole nitrogens is 1. The Kier molecular flexibility index (Phi) is 5.19. The van der Waals surface area contributed by atoms with Crippen LogP contribution in [0.15, 0.2) is 12.4 Å². The molecule has 0 unspecified atom stereocenters. The van der Waals surface area contributed by atoms with Gasteiger partial charge < -0.3 is 20.7 Å². The summed E-state index contributed by atoms with van der Waals surface area (Å²) in [6.45, 7) is 0.735. The highest BCUT2D eigenvalue weighted by Crippen LogP contribution is 2.37. The third kappa shape index (κ3) is 4.21. The summed E-state index contributed by atoms with van der Waals surface area (Å²) in [6, 6.07) is -0.304. The van der Waals surface area contributed by atoms with Crippen molar-refractivity contribution in [1.82, 2.24) is 20.6 Å². The third-order valence-electron chi connectivity index (χ3n) is 4.03. The third-order valence-corrected chi connectivity index (χ3v) is 4.03. The van der Waals surface area contributed by atoms with Crippen LogP contribution in [0.4, 0.5) is 4.79 Å². The smallest absolute Gasteiger partial charge is 0.314 e. The lowest BCUT2D eigenvalue weighted by molar-refractivity contribution is -0.148. The van der Waals surface area contributed by atoms with Crippen LogP contribution in [0.25, 0.3) is 0 Å². The van der Waals surface area contributed by atoms with Gasteiger partial charge in [-0.2, -0.15) is 0 Å². The number of hydrogen-bond acceptors (Lipinski definition) is 3. The van der Waals surface area contributed by atoms with Crippen molar-refractivity contribution in [2.75, 3.05) is 13.1 Å².